The molecule has 9 nitrogen and oxygen atoms in total. The number of nitrogens with one attached hydrogen (secondary N) is 1. The van der Waals surface area contributed by atoms with Crippen molar-refractivity contribution >= 4 is 40.7 Å². The number of amides is 2. The Hall–Kier alpha value is -4.23. The minimum Gasteiger partial charge on any atom is -0.370 e. The van der Waals surface area contributed by atoms with Crippen LogP contribution in [0.1, 0.15) is 49.3 Å². The maximum absolute atomic E-state index is 13.6. The van der Waals surface area contributed by atoms with E-state index in [1.165, 1.54) is 24.1 Å². The third-order valence-electron chi connectivity index (χ3n) is 5.55. The monoisotopic (exact) mass is 534 g/mol. The van der Waals surface area contributed by atoms with Crippen LogP contribution in [0.2, 0.25) is 10.0 Å². The average molecular weight is 535 g/mol. The third kappa shape index (κ3) is 5.32. The molecule has 0 radical (unpaired) electrons. The van der Waals surface area contributed by atoms with Gasteiger partial charge in [0, 0.05) is 18.3 Å². The summed E-state index contributed by atoms with van der Waals surface area (Å²) in [6, 6.07) is 16.7. The van der Waals surface area contributed by atoms with Gasteiger partial charge in [-0.05, 0) is 60.5 Å². The van der Waals surface area contributed by atoms with Gasteiger partial charge in [0.05, 0.1) is 33.6 Å². The van der Waals surface area contributed by atoms with Crippen molar-refractivity contribution in [2.75, 3.05) is 12.4 Å². The Kier molecular flexibility index (Phi) is 7.55. The second-order valence-corrected chi connectivity index (χ2v) is 8.83. The molecule has 2 amide bonds. The molecular weight excluding hydrogens is 515 g/mol. The fraction of sp³-hybridized carbons (Fsp3) is 0.115. The number of hydrogen-bond acceptors (Lipinski definition) is 6. The van der Waals surface area contributed by atoms with Gasteiger partial charge in [-0.1, -0.05) is 35.3 Å². The lowest BCUT2D eigenvalue weighted by Crippen LogP contribution is -2.22. The highest BCUT2D eigenvalue weighted by molar-refractivity contribution is 6.32. The first kappa shape index (κ1) is 25.9. The number of anilines is 1. The number of carbonyl (C=O) groups excluding carboxylic acids is 2. The number of benzene rings is 2. The smallest absolute Gasteiger partial charge is 0.274 e. The molecule has 186 valence electrons. The van der Waals surface area contributed by atoms with E-state index in [0.29, 0.717) is 16.3 Å². The predicted molar refractivity (Wildman–Crippen MR) is 139 cm³/mol. The second-order valence-electron chi connectivity index (χ2n) is 7.99. The van der Waals surface area contributed by atoms with Crippen molar-refractivity contribution in [1.82, 2.24) is 14.8 Å². The van der Waals surface area contributed by atoms with E-state index in [2.05, 4.69) is 15.4 Å². The molecule has 2 aromatic heterocycles. The Morgan fingerprint density at radius 3 is 2.51 bits per heavy atom. The van der Waals surface area contributed by atoms with Crippen molar-refractivity contribution in [1.29, 1.82) is 5.26 Å². The number of aryl methyl sites for hydroxylation is 1. The number of halogens is 2. The van der Waals surface area contributed by atoms with E-state index < -0.39 is 17.9 Å². The SMILES string of the molecule is COC(c1ccc(Cl)cc1)c1cc(C(=O)Nc2c(C)cc(C#N)cc2C(N)=O)n(-c2ncccc2Cl)n1. The van der Waals surface area contributed by atoms with Gasteiger partial charge in [0.25, 0.3) is 11.8 Å². The van der Waals surface area contributed by atoms with Crippen molar-refractivity contribution in [2.24, 2.45) is 5.73 Å². The third-order valence-corrected chi connectivity index (χ3v) is 6.09. The van der Waals surface area contributed by atoms with E-state index >= 15 is 0 Å². The number of primary amides is 1. The maximum Gasteiger partial charge on any atom is 0.274 e. The number of hydrogen-bond donors (Lipinski definition) is 2. The van der Waals surface area contributed by atoms with E-state index in [-0.39, 0.29) is 33.3 Å². The van der Waals surface area contributed by atoms with Crippen LogP contribution in [-0.4, -0.2) is 33.7 Å². The van der Waals surface area contributed by atoms with E-state index in [9.17, 15) is 14.9 Å². The van der Waals surface area contributed by atoms with Crippen LogP contribution in [0.3, 0.4) is 0 Å². The van der Waals surface area contributed by atoms with Crippen molar-refractivity contribution in [3.05, 3.63) is 104 Å². The second kappa shape index (κ2) is 10.8. The first-order valence-corrected chi connectivity index (χ1v) is 11.6. The van der Waals surface area contributed by atoms with Gasteiger partial charge >= 0.3 is 0 Å². The van der Waals surface area contributed by atoms with E-state index in [1.54, 1.807) is 55.5 Å². The van der Waals surface area contributed by atoms with Crippen LogP contribution >= 0.6 is 23.2 Å². The topological polar surface area (TPSA) is 136 Å². The molecule has 1 atom stereocenters. The Morgan fingerprint density at radius 2 is 1.89 bits per heavy atom. The minimum atomic E-state index is -0.792. The van der Waals surface area contributed by atoms with Crippen LogP contribution in [0, 0.1) is 18.3 Å². The number of nitrogens with two attached hydrogens (primary N) is 1. The van der Waals surface area contributed by atoms with Gasteiger partial charge in [0.15, 0.2) is 5.82 Å². The van der Waals surface area contributed by atoms with Gasteiger partial charge in [0.1, 0.15) is 11.8 Å². The van der Waals surface area contributed by atoms with Gasteiger partial charge in [-0.25, -0.2) is 9.67 Å². The van der Waals surface area contributed by atoms with Gasteiger partial charge in [-0.3, -0.25) is 9.59 Å². The van der Waals surface area contributed by atoms with Crippen LogP contribution in [0.15, 0.2) is 60.8 Å². The Bertz CT molecular complexity index is 1540. The summed E-state index contributed by atoms with van der Waals surface area (Å²) in [4.78, 5) is 30.0. The number of carbonyl (C=O) groups is 2. The lowest BCUT2D eigenvalue weighted by Gasteiger charge is -2.13. The lowest BCUT2D eigenvalue weighted by atomic mass is 10.0. The number of nitrogens with zero attached hydrogens (tertiary/aromatic N) is 4. The highest BCUT2D eigenvalue weighted by atomic mass is 35.5. The Labute approximate surface area is 222 Å². The first-order valence-electron chi connectivity index (χ1n) is 10.9. The fourth-order valence-electron chi connectivity index (χ4n) is 3.84. The van der Waals surface area contributed by atoms with Crippen LogP contribution in [0.4, 0.5) is 5.69 Å². The molecule has 2 heterocycles. The van der Waals surface area contributed by atoms with E-state index in [0.717, 1.165) is 5.56 Å². The van der Waals surface area contributed by atoms with Gasteiger partial charge < -0.3 is 15.8 Å². The number of aromatic nitrogens is 3. The van der Waals surface area contributed by atoms with E-state index in [4.69, 9.17) is 33.7 Å². The molecule has 0 saturated carbocycles. The van der Waals surface area contributed by atoms with Crippen LogP contribution in [0.5, 0.6) is 0 Å². The standard InChI is InChI=1S/C26H20Cl2N6O3/c1-14-10-15(13-29)11-18(24(30)35)22(14)32-26(36)21-12-20(23(37-2)16-5-7-17(27)8-6-16)33-34(21)25-19(28)4-3-9-31-25/h3-12,23H,1-2H3,(H2,30,35)(H,32,36). The zero-order valence-electron chi connectivity index (χ0n) is 19.7. The van der Waals surface area contributed by atoms with Crippen molar-refractivity contribution < 1.29 is 14.3 Å². The molecule has 4 rings (SSSR count). The summed E-state index contributed by atoms with van der Waals surface area (Å²) < 4.78 is 7.00. The first-order chi connectivity index (χ1) is 17.7. The molecule has 0 bridgehead atoms. The number of nitriles is 1. The summed E-state index contributed by atoms with van der Waals surface area (Å²) in [5.41, 5.74) is 7.67. The lowest BCUT2D eigenvalue weighted by molar-refractivity contribution is 0.100. The normalized spacial score (nSPS) is 11.5. The van der Waals surface area contributed by atoms with Crippen LogP contribution in [0.25, 0.3) is 5.82 Å². The minimum absolute atomic E-state index is 0.00277. The van der Waals surface area contributed by atoms with Gasteiger partial charge in [-0.2, -0.15) is 10.4 Å². The van der Waals surface area contributed by atoms with Crippen LogP contribution < -0.4 is 11.1 Å². The molecule has 0 saturated heterocycles. The highest BCUT2D eigenvalue weighted by Crippen LogP contribution is 2.30. The van der Waals surface area contributed by atoms with Crippen molar-refractivity contribution in [2.45, 2.75) is 13.0 Å². The molecule has 37 heavy (non-hydrogen) atoms. The molecule has 1 unspecified atom stereocenters. The highest BCUT2D eigenvalue weighted by Gasteiger charge is 2.26. The summed E-state index contributed by atoms with van der Waals surface area (Å²) in [6.07, 6.45) is 0.887. The van der Waals surface area contributed by atoms with Crippen molar-refractivity contribution in [3.63, 3.8) is 0 Å². The molecule has 11 heteroatoms. The average Bonchev–Trinajstić information content (AvgIpc) is 3.31. The van der Waals surface area contributed by atoms with Crippen LogP contribution in [-0.2, 0) is 4.74 Å². The Morgan fingerprint density at radius 1 is 1.16 bits per heavy atom. The maximum atomic E-state index is 13.6. The molecule has 0 aliphatic carbocycles. The molecule has 0 aliphatic heterocycles. The summed E-state index contributed by atoms with van der Waals surface area (Å²) >= 11 is 12.4. The fourth-order valence-corrected chi connectivity index (χ4v) is 4.17. The zero-order chi connectivity index (χ0) is 26.7. The number of ether oxygens (including phenoxy) is 1. The van der Waals surface area contributed by atoms with Gasteiger partial charge in [-0.15, -0.1) is 0 Å². The van der Waals surface area contributed by atoms with E-state index in [1.807, 2.05) is 6.07 Å². The molecule has 4 aromatic rings. The Balaban J connectivity index is 1.83. The largest absolute Gasteiger partial charge is 0.370 e. The molecule has 3 N–H and O–H groups in total. The summed E-state index contributed by atoms with van der Waals surface area (Å²) in [5, 5.41) is 17.4. The number of rotatable bonds is 7. The quantitative estimate of drug-likeness (QED) is 0.348. The molecule has 2 aromatic carbocycles. The number of pyridine rings is 1. The van der Waals surface area contributed by atoms with Gasteiger partial charge in [0.2, 0.25) is 0 Å². The summed E-state index contributed by atoms with van der Waals surface area (Å²) in [7, 11) is 1.52. The summed E-state index contributed by atoms with van der Waals surface area (Å²) in [5.74, 6) is -1.18. The molecule has 0 aliphatic rings. The summed E-state index contributed by atoms with van der Waals surface area (Å²) in [6.45, 7) is 1.66. The molecular formula is C26H20Cl2N6O3. The van der Waals surface area contributed by atoms with Crippen molar-refractivity contribution in [3.8, 4) is 11.9 Å². The number of methoxy groups -OCH3 is 1. The molecule has 0 spiro atoms. The zero-order valence-corrected chi connectivity index (χ0v) is 21.2. The molecule has 0 fully saturated rings. The predicted octanol–water partition coefficient (Wildman–Crippen LogP) is 4.84.